The molecule has 0 amide bonds. The van der Waals surface area contributed by atoms with E-state index in [4.69, 9.17) is 4.74 Å². The van der Waals surface area contributed by atoms with Crippen molar-refractivity contribution < 1.29 is 4.74 Å². The molecule has 0 N–H and O–H groups in total. The Kier molecular flexibility index (Phi) is 9.83. The molecule has 2 rings (SSSR count). The molecule has 1 saturated heterocycles. The molecule has 1 aliphatic carbocycles. The Hall–Kier alpha value is -1.29. The van der Waals surface area contributed by atoms with Crippen molar-refractivity contribution in [3.05, 3.63) is 24.6 Å². The number of allylic oxidation sites excluding steroid dienone is 1. The Morgan fingerprint density at radius 2 is 1.81 bits per heavy atom. The Balaban J connectivity index is 1.81. The van der Waals surface area contributed by atoms with Crippen LogP contribution in [-0.2, 0) is 4.74 Å². The van der Waals surface area contributed by atoms with Gasteiger partial charge in [0, 0.05) is 32.4 Å². The number of piperazine rings is 1. The van der Waals surface area contributed by atoms with E-state index < -0.39 is 0 Å². The molecule has 4 nitrogen and oxygen atoms in total. The van der Waals surface area contributed by atoms with Gasteiger partial charge in [0.25, 0.3) is 0 Å². The van der Waals surface area contributed by atoms with Gasteiger partial charge < -0.3 is 9.64 Å². The van der Waals surface area contributed by atoms with E-state index in [1.807, 2.05) is 0 Å². The average molecular weight is 362 g/mol. The fourth-order valence-corrected chi connectivity index (χ4v) is 3.40. The van der Waals surface area contributed by atoms with Crippen LogP contribution in [-0.4, -0.2) is 55.0 Å². The van der Waals surface area contributed by atoms with Crippen LogP contribution in [0.3, 0.4) is 0 Å². The lowest BCUT2D eigenvalue weighted by atomic mass is 10.1. The summed E-state index contributed by atoms with van der Waals surface area (Å²) in [7, 11) is 0. The van der Waals surface area contributed by atoms with Gasteiger partial charge in [0.2, 0.25) is 0 Å². The Labute approximate surface area is 161 Å². The summed E-state index contributed by atoms with van der Waals surface area (Å²) in [5.74, 6) is 2.68. The van der Waals surface area contributed by atoms with Crippen LogP contribution in [0.25, 0.3) is 0 Å². The van der Waals surface area contributed by atoms with Crippen LogP contribution in [0.5, 0.6) is 0 Å². The minimum absolute atomic E-state index is 0.754. The molecule has 0 atom stereocenters. The second kappa shape index (κ2) is 12.2. The summed E-state index contributed by atoms with van der Waals surface area (Å²) in [5.41, 5.74) is 0. The molecule has 26 heavy (non-hydrogen) atoms. The molecule has 1 aliphatic heterocycles. The van der Waals surface area contributed by atoms with Gasteiger partial charge in [-0.15, -0.1) is 0 Å². The molecule has 0 bridgehead atoms. The summed E-state index contributed by atoms with van der Waals surface area (Å²) >= 11 is 0. The third kappa shape index (κ3) is 7.53. The van der Waals surface area contributed by atoms with Crippen LogP contribution in [0, 0.1) is 5.92 Å². The number of nitrogens with zero attached hydrogens (tertiary/aromatic N) is 3. The Bertz CT molecular complexity index is 460. The number of hydrogen-bond acceptors (Lipinski definition) is 3. The molecule has 0 spiro atoms. The van der Waals surface area contributed by atoms with Crippen molar-refractivity contribution in [1.82, 2.24) is 9.80 Å². The van der Waals surface area contributed by atoms with Crippen molar-refractivity contribution >= 4 is 5.84 Å². The Morgan fingerprint density at radius 1 is 1.08 bits per heavy atom. The van der Waals surface area contributed by atoms with E-state index in [0.717, 1.165) is 56.7 Å². The fraction of sp³-hybridized carbons (Fsp3) is 0.773. The highest BCUT2D eigenvalue weighted by atomic mass is 16.5. The van der Waals surface area contributed by atoms with Gasteiger partial charge in [-0.2, -0.15) is 0 Å². The molecule has 0 aromatic heterocycles. The number of unbranched alkanes of at least 4 members (excludes halogenated alkanes) is 4. The number of rotatable bonds is 12. The number of aliphatic imine (C=N–C) groups is 1. The van der Waals surface area contributed by atoms with Gasteiger partial charge in [0.15, 0.2) is 11.6 Å². The zero-order chi connectivity index (χ0) is 18.6. The van der Waals surface area contributed by atoms with Gasteiger partial charge >= 0.3 is 0 Å². The molecule has 4 heteroatoms. The first-order chi connectivity index (χ1) is 12.8. The van der Waals surface area contributed by atoms with Crippen LogP contribution < -0.4 is 0 Å². The van der Waals surface area contributed by atoms with Crippen LogP contribution in [0.4, 0.5) is 0 Å². The SMILES string of the molecule is C=CN=C(/C(=C\CC)OCC1CC1)N1CCN(CCCCCCC)CC1. The highest BCUT2D eigenvalue weighted by molar-refractivity contribution is 5.97. The summed E-state index contributed by atoms with van der Waals surface area (Å²) in [6.07, 6.45) is 14.2. The predicted octanol–water partition coefficient (Wildman–Crippen LogP) is 4.84. The second-order valence-electron chi connectivity index (χ2n) is 7.61. The van der Waals surface area contributed by atoms with Gasteiger partial charge in [0.1, 0.15) is 0 Å². The predicted molar refractivity (Wildman–Crippen MR) is 111 cm³/mol. The first-order valence-electron chi connectivity index (χ1n) is 10.8. The van der Waals surface area contributed by atoms with Crippen LogP contribution >= 0.6 is 0 Å². The maximum absolute atomic E-state index is 6.13. The Morgan fingerprint density at radius 3 is 2.42 bits per heavy atom. The highest BCUT2D eigenvalue weighted by Crippen LogP contribution is 2.30. The molecule has 2 fully saturated rings. The van der Waals surface area contributed by atoms with Gasteiger partial charge in [-0.25, -0.2) is 4.99 Å². The van der Waals surface area contributed by atoms with Crippen LogP contribution in [0.1, 0.15) is 65.2 Å². The quantitative estimate of drug-likeness (QED) is 0.215. The summed E-state index contributed by atoms with van der Waals surface area (Å²) in [6, 6.07) is 0. The minimum atomic E-state index is 0.754. The molecule has 148 valence electrons. The monoisotopic (exact) mass is 361 g/mol. The van der Waals surface area contributed by atoms with E-state index >= 15 is 0 Å². The third-order valence-electron chi connectivity index (χ3n) is 5.24. The van der Waals surface area contributed by atoms with Crippen molar-refractivity contribution in [3.63, 3.8) is 0 Å². The number of hydrogen-bond donors (Lipinski definition) is 0. The molecule has 0 radical (unpaired) electrons. The maximum atomic E-state index is 6.13. The highest BCUT2D eigenvalue weighted by Gasteiger charge is 2.26. The molecule has 1 saturated carbocycles. The van der Waals surface area contributed by atoms with Crippen molar-refractivity contribution in [2.24, 2.45) is 10.9 Å². The summed E-state index contributed by atoms with van der Waals surface area (Å²) in [6.45, 7) is 14.6. The van der Waals surface area contributed by atoms with Crippen LogP contribution in [0.2, 0.25) is 0 Å². The van der Waals surface area contributed by atoms with Gasteiger partial charge in [-0.05, 0) is 44.2 Å². The number of amidine groups is 1. The minimum Gasteiger partial charge on any atom is -0.490 e. The molecular formula is C22H39N3O. The molecule has 0 aromatic carbocycles. The lowest BCUT2D eigenvalue weighted by Crippen LogP contribution is -2.49. The molecule has 1 heterocycles. The zero-order valence-corrected chi connectivity index (χ0v) is 17.1. The fourth-order valence-electron chi connectivity index (χ4n) is 3.40. The second-order valence-corrected chi connectivity index (χ2v) is 7.61. The van der Waals surface area contributed by atoms with E-state index in [1.165, 1.54) is 51.5 Å². The van der Waals surface area contributed by atoms with E-state index in [0.29, 0.717) is 0 Å². The summed E-state index contributed by atoms with van der Waals surface area (Å²) in [5, 5.41) is 0. The van der Waals surface area contributed by atoms with E-state index in [-0.39, 0.29) is 0 Å². The van der Waals surface area contributed by atoms with Crippen molar-refractivity contribution in [2.45, 2.75) is 65.2 Å². The van der Waals surface area contributed by atoms with Crippen LogP contribution in [0.15, 0.2) is 29.6 Å². The van der Waals surface area contributed by atoms with E-state index in [2.05, 4.69) is 41.3 Å². The van der Waals surface area contributed by atoms with E-state index in [9.17, 15) is 0 Å². The molecular weight excluding hydrogens is 322 g/mol. The lowest BCUT2D eigenvalue weighted by molar-refractivity contribution is 0.167. The molecule has 0 aromatic rings. The lowest BCUT2D eigenvalue weighted by Gasteiger charge is -2.36. The van der Waals surface area contributed by atoms with Gasteiger partial charge in [-0.1, -0.05) is 46.1 Å². The molecule has 2 aliphatic rings. The van der Waals surface area contributed by atoms with Gasteiger partial charge in [-0.3, -0.25) is 4.90 Å². The summed E-state index contributed by atoms with van der Waals surface area (Å²) < 4.78 is 6.13. The first-order valence-corrected chi connectivity index (χ1v) is 10.8. The molecule has 0 unspecified atom stereocenters. The average Bonchev–Trinajstić information content (AvgIpc) is 3.48. The zero-order valence-electron chi connectivity index (χ0n) is 17.1. The largest absolute Gasteiger partial charge is 0.490 e. The third-order valence-corrected chi connectivity index (χ3v) is 5.24. The smallest absolute Gasteiger partial charge is 0.171 e. The van der Waals surface area contributed by atoms with Gasteiger partial charge in [0.05, 0.1) is 6.61 Å². The van der Waals surface area contributed by atoms with Crippen molar-refractivity contribution in [2.75, 3.05) is 39.3 Å². The first kappa shape index (κ1) is 21.0. The normalized spacial score (nSPS) is 19.7. The number of ether oxygens (including phenoxy) is 1. The standard InChI is InChI=1S/C22H39N3O/c1-4-7-8-9-10-14-24-15-17-25(18-16-24)22(23-6-3)21(11-5-2)26-19-20-12-13-20/h6,11,20H,3-5,7-10,12-19H2,1-2H3/b21-11+,23-22?. The van der Waals surface area contributed by atoms with Crippen molar-refractivity contribution in [3.8, 4) is 0 Å². The van der Waals surface area contributed by atoms with Crippen molar-refractivity contribution in [1.29, 1.82) is 0 Å². The van der Waals surface area contributed by atoms with E-state index in [1.54, 1.807) is 6.20 Å². The summed E-state index contributed by atoms with van der Waals surface area (Å²) in [4.78, 5) is 9.56. The maximum Gasteiger partial charge on any atom is 0.171 e. The topological polar surface area (TPSA) is 28.1 Å².